The molecule has 3 aliphatic rings. The molecule has 1 fully saturated rings. The van der Waals surface area contributed by atoms with Gasteiger partial charge < -0.3 is 30.8 Å². The van der Waals surface area contributed by atoms with Gasteiger partial charge in [-0.05, 0) is 13.0 Å². The van der Waals surface area contributed by atoms with Gasteiger partial charge in [0.25, 0.3) is 0 Å². The van der Waals surface area contributed by atoms with Gasteiger partial charge in [0.2, 0.25) is 0 Å². The fraction of sp³-hybridized carbons (Fsp3) is 0.462. The summed E-state index contributed by atoms with van der Waals surface area (Å²) in [7, 11) is 0. The molecule has 0 bridgehead atoms. The predicted molar refractivity (Wildman–Crippen MR) is 71.0 cm³/mol. The maximum atomic E-state index is 10.5. The van der Waals surface area contributed by atoms with Crippen LogP contribution in [0.1, 0.15) is 18.6 Å². The Hall–Kier alpha value is -1.67. The number of nitrogens with two attached hydrogens (primary N) is 1. The summed E-state index contributed by atoms with van der Waals surface area (Å²) in [6.45, 7) is 1.13. The first-order valence-electron chi connectivity index (χ1n) is 6.35. The molecule has 2 aliphatic heterocycles. The van der Waals surface area contributed by atoms with Gasteiger partial charge in [0, 0.05) is 11.1 Å². The van der Waals surface area contributed by atoms with Crippen molar-refractivity contribution in [3.05, 3.63) is 24.0 Å². The van der Waals surface area contributed by atoms with Crippen molar-refractivity contribution in [1.29, 1.82) is 0 Å². The van der Waals surface area contributed by atoms with Crippen LogP contribution >= 0.6 is 0 Å². The van der Waals surface area contributed by atoms with Gasteiger partial charge in [-0.15, -0.1) is 0 Å². The third-order valence-electron chi connectivity index (χ3n) is 3.93. The number of aliphatic hydroxyl groups is 3. The van der Waals surface area contributed by atoms with Crippen molar-refractivity contribution in [2.24, 2.45) is 0 Å². The molecule has 1 saturated heterocycles. The van der Waals surface area contributed by atoms with E-state index < -0.39 is 23.9 Å². The summed E-state index contributed by atoms with van der Waals surface area (Å²) < 4.78 is 5.60. The van der Waals surface area contributed by atoms with Gasteiger partial charge in [-0.1, -0.05) is 6.07 Å². The first-order chi connectivity index (χ1) is 9.46. The molecule has 1 aliphatic carbocycles. The van der Waals surface area contributed by atoms with Gasteiger partial charge in [-0.25, -0.2) is 4.98 Å². The van der Waals surface area contributed by atoms with E-state index in [4.69, 9.17) is 10.5 Å². The van der Waals surface area contributed by atoms with E-state index in [2.05, 4.69) is 9.97 Å². The van der Waals surface area contributed by atoms with Gasteiger partial charge in [0.1, 0.15) is 29.7 Å². The smallest absolute Gasteiger partial charge is 0.134 e. The van der Waals surface area contributed by atoms with Crippen LogP contribution < -0.4 is 5.73 Å². The Labute approximate surface area is 115 Å². The average molecular weight is 279 g/mol. The number of fused-ring (bicyclic) bond motifs is 1. The lowest BCUT2D eigenvalue weighted by Crippen LogP contribution is -2.43. The van der Waals surface area contributed by atoms with Gasteiger partial charge in [0.15, 0.2) is 0 Å². The maximum Gasteiger partial charge on any atom is 0.134 e. The Bertz CT molecular complexity index is 597. The summed E-state index contributed by atoms with van der Waals surface area (Å²) in [5.74, 6) is 0.377. The lowest BCUT2D eigenvalue weighted by atomic mass is 9.89. The summed E-state index contributed by atoms with van der Waals surface area (Å²) in [6, 6.07) is 3.55. The third kappa shape index (κ3) is 1.71. The van der Waals surface area contributed by atoms with Crippen LogP contribution in [0.3, 0.4) is 0 Å². The maximum absolute atomic E-state index is 10.5. The summed E-state index contributed by atoms with van der Waals surface area (Å²) in [5, 5.41) is 29.7. The largest absolute Gasteiger partial charge is 0.394 e. The fourth-order valence-electron chi connectivity index (χ4n) is 2.77. The molecule has 4 atom stereocenters. The van der Waals surface area contributed by atoms with E-state index in [1.165, 1.54) is 13.3 Å². The highest BCUT2D eigenvalue weighted by molar-refractivity contribution is 5.76. The minimum absolute atomic E-state index is 0.361. The fourth-order valence-corrected chi connectivity index (χ4v) is 2.77. The molecule has 1 unspecified atom stereocenters. The third-order valence-corrected chi connectivity index (χ3v) is 3.93. The zero-order chi connectivity index (χ0) is 14.5. The van der Waals surface area contributed by atoms with Crippen molar-refractivity contribution >= 4 is 5.82 Å². The van der Waals surface area contributed by atoms with Crippen LogP contribution in [-0.4, -0.2) is 49.7 Å². The molecule has 7 nitrogen and oxygen atoms in total. The van der Waals surface area contributed by atoms with Gasteiger partial charge in [-0.3, -0.25) is 0 Å². The minimum atomic E-state index is -1.50. The van der Waals surface area contributed by atoms with Crippen molar-refractivity contribution in [3.63, 3.8) is 0 Å². The monoisotopic (exact) mass is 279 g/mol. The van der Waals surface area contributed by atoms with Crippen LogP contribution in [0.25, 0.3) is 11.3 Å². The Morgan fingerprint density at radius 2 is 2.25 bits per heavy atom. The molecular weight excluding hydrogens is 262 g/mol. The highest BCUT2D eigenvalue weighted by Crippen LogP contribution is 2.45. The lowest BCUT2D eigenvalue weighted by Gasteiger charge is -2.27. The van der Waals surface area contributed by atoms with E-state index >= 15 is 0 Å². The Balaban J connectivity index is 2.05. The van der Waals surface area contributed by atoms with E-state index in [0.29, 0.717) is 17.1 Å². The predicted octanol–water partition coefficient (Wildman–Crippen LogP) is -0.359. The molecule has 0 spiro atoms. The van der Waals surface area contributed by atoms with E-state index in [1.807, 2.05) is 0 Å². The second-order valence-corrected chi connectivity index (χ2v) is 5.27. The number of aromatic amines is 1. The Morgan fingerprint density at radius 3 is 2.90 bits per heavy atom. The van der Waals surface area contributed by atoms with Crippen molar-refractivity contribution in [2.75, 3.05) is 12.3 Å². The number of hydrogen-bond donors (Lipinski definition) is 5. The number of nitrogens with zero attached hydrogens (tertiary/aromatic N) is 1. The number of H-pyrrole nitrogens is 1. The quantitative estimate of drug-likeness (QED) is 0.511. The molecule has 0 radical (unpaired) electrons. The number of nitrogen functional groups attached to an aromatic ring is 1. The van der Waals surface area contributed by atoms with E-state index in [9.17, 15) is 15.3 Å². The lowest BCUT2D eigenvalue weighted by molar-refractivity contribution is -0.0643. The molecule has 0 amide bonds. The molecule has 3 rings (SSSR count). The second kappa shape index (κ2) is 4.42. The standard InChI is InChI=1S/C13H17N3O4/c1-13(19)10(18)8(4-17)20-11(13)6-2-3-7-9(6)15-5-16-12(7)14/h2-3,5,8,10-11,17-19H,4,14H2,1H3,(H,15,16)/t8-,10+,11+,13?/m1/s1. The molecule has 108 valence electrons. The van der Waals surface area contributed by atoms with Crippen molar-refractivity contribution < 1.29 is 20.1 Å². The topological polar surface area (TPSA) is 125 Å². The number of rotatable bonds is 2. The van der Waals surface area contributed by atoms with Gasteiger partial charge in [0.05, 0.1) is 18.6 Å². The molecule has 0 aromatic rings. The highest BCUT2D eigenvalue weighted by atomic mass is 16.6. The Kier molecular flexibility index (Phi) is 2.94. The summed E-state index contributed by atoms with van der Waals surface area (Å²) >= 11 is 0. The van der Waals surface area contributed by atoms with E-state index in [0.717, 1.165) is 5.56 Å². The van der Waals surface area contributed by atoms with Crippen molar-refractivity contribution in [2.45, 2.75) is 30.8 Å². The molecule has 0 saturated carbocycles. The van der Waals surface area contributed by atoms with Crippen LogP contribution in [0.4, 0.5) is 5.82 Å². The zero-order valence-electron chi connectivity index (χ0n) is 10.9. The highest BCUT2D eigenvalue weighted by Gasteiger charge is 2.53. The number of aliphatic hydroxyl groups excluding tert-OH is 2. The molecular formula is C13H17N3O4. The molecule has 0 aromatic heterocycles. The summed E-state index contributed by atoms with van der Waals surface area (Å²) in [6.07, 6.45) is -1.28. The van der Waals surface area contributed by atoms with Crippen LogP contribution in [0, 0.1) is 0 Å². The van der Waals surface area contributed by atoms with Gasteiger partial charge >= 0.3 is 0 Å². The second-order valence-electron chi connectivity index (χ2n) is 5.27. The van der Waals surface area contributed by atoms with E-state index in [-0.39, 0.29) is 6.61 Å². The minimum Gasteiger partial charge on any atom is -0.394 e. The number of nitrogens with one attached hydrogen (secondary N) is 1. The van der Waals surface area contributed by atoms with Crippen LogP contribution in [0.5, 0.6) is 0 Å². The molecule has 7 heteroatoms. The molecule has 0 aromatic carbocycles. The number of anilines is 1. The first-order valence-corrected chi connectivity index (χ1v) is 6.35. The molecule has 20 heavy (non-hydrogen) atoms. The zero-order valence-corrected chi connectivity index (χ0v) is 10.9. The van der Waals surface area contributed by atoms with Crippen LogP contribution in [0.2, 0.25) is 0 Å². The average Bonchev–Trinajstić information content (AvgIpc) is 2.92. The Morgan fingerprint density at radius 1 is 1.50 bits per heavy atom. The first kappa shape index (κ1) is 13.3. The summed E-state index contributed by atoms with van der Waals surface area (Å²) in [4.78, 5) is 6.94. The van der Waals surface area contributed by atoms with Gasteiger partial charge in [-0.2, -0.15) is 0 Å². The SMILES string of the molecule is CC1(O)[C@H](c2ccc3c(N)nc[nH]c2-3)O[C@H](CO)[C@@H]1O. The van der Waals surface area contributed by atoms with Crippen molar-refractivity contribution in [3.8, 4) is 11.3 Å². The number of aromatic nitrogens is 2. The van der Waals surface area contributed by atoms with Crippen LogP contribution in [-0.2, 0) is 4.74 Å². The number of hydrogen-bond acceptors (Lipinski definition) is 6. The summed E-state index contributed by atoms with van der Waals surface area (Å²) in [5.41, 5.74) is 6.40. The molecule has 6 N–H and O–H groups in total. The molecule has 2 heterocycles. The van der Waals surface area contributed by atoms with E-state index in [1.54, 1.807) is 12.1 Å². The number of ether oxygens (including phenoxy) is 1. The van der Waals surface area contributed by atoms with Crippen LogP contribution in [0.15, 0.2) is 18.5 Å². The van der Waals surface area contributed by atoms with Crippen molar-refractivity contribution in [1.82, 2.24) is 9.97 Å². The normalized spacial score (nSPS) is 33.9.